The summed E-state index contributed by atoms with van der Waals surface area (Å²) in [4.78, 5) is 15.2. The predicted octanol–water partition coefficient (Wildman–Crippen LogP) is 2.57. The third-order valence-electron chi connectivity index (χ3n) is 3.13. The van der Waals surface area contributed by atoms with Crippen LogP contribution in [0.25, 0.3) is 10.9 Å². The SMILES string of the molecule is O=C1CC2(CO2)Sc2[nH]c3ccccc3c21. The van der Waals surface area contributed by atoms with Crippen molar-refractivity contribution in [3.63, 3.8) is 0 Å². The Balaban J connectivity index is 2.01. The lowest BCUT2D eigenvalue weighted by Crippen LogP contribution is -2.18. The number of thioether (sulfide) groups is 1. The summed E-state index contributed by atoms with van der Waals surface area (Å²) < 4.78 is 5.38. The number of benzene rings is 1. The molecule has 4 rings (SSSR count). The van der Waals surface area contributed by atoms with E-state index in [9.17, 15) is 4.79 Å². The Hall–Kier alpha value is -1.26. The second kappa shape index (κ2) is 2.70. The van der Waals surface area contributed by atoms with Gasteiger partial charge in [0.1, 0.15) is 4.93 Å². The number of H-pyrrole nitrogens is 1. The highest BCUT2D eigenvalue weighted by Crippen LogP contribution is 2.52. The summed E-state index contributed by atoms with van der Waals surface area (Å²) in [5.41, 5.74) is 1.88. The molecular weight excluding hydrogens is 222 g/mol. The van der Waals surface area contributed by atoms with E-state index >= 15 is 0 Å². The lowest BCUT2D eigenvalue weighted by molar-refractivity contribution is 0.0962. The van der Waals surface area contributed by atoms with E-state index in [0.717, 1.165) is 21.5 Å². The molecule has 1 fully saturated rings. The number of rotatable bonds is 0. The Morgan fingerprint density at radius 2 is 2.19 bits per heavy atom. The van der Waals surface area contributed by atoms with Gasteiger partial charge in [-0.05, 0) is 6.07 Å². The van der Waals surface area contributed by atoms with Gasteiger partial charge in [0.2, 0.25) is 0 Å². The predicted molar refractivity (Wildman–Crippen MR) is 61.8 cm³/mol. The average molecular weight is 231 g/mol. The van der Waals surface area contributed by atoms with Crippen LogP contribution in [-0.4, -0.2) is 22.3 Å². The fourth-order valence-corrected chi connectivity index (χ4v) is 3.51. The summed E-state index contributed by atoms with van der Waals surface area (Å²) >= 11 is 1.66. The highest BCUT2D eigenvalue weighted by molar-refractivity contribution is 8.01. The third-order valence-corrected chi connectivity index (χ3v) is 4.40. The number of hydrogen-bond acceptors (Lipinski definition) is 3. The number of fused-ring (bicyclic) bond motifs is 3. The average Bonchev–Trinajstić information content (AvgIpc) is 2.90. The molecule has 1 aromatic carbocycles. The summed E-state index contributed by atoms with van der Waals surface area (Å²) in [5, 5.41) is 2.00. The van der Waals surface area contributed by atoms with E-state index in [1.54, 1.807) is 11.8 Å². The van der Waals surface area contributed by atoms with Crippen molar-refractivity contribution in [2.45, 2.75) is 16.4 Å². The molecule has 2 aliphatic heterocycles. The quantitative estimate of drug-likeness (QED) is 0.709. The molecule has 0 aliphatic carbocycles. The Morgan fingerprint density at radius 1 is 1.38 bits per heavy atom. The molecule has 1 aromatic heterocycles. The van der Waals surface area contributed by atoms with E-state index in [1.807, 2.05) is 24.3 Å². The number of ether oxygens (including phenoxy) is 1. The van der Waals surface area contributed by atoms with Gasteiger partial charge >= 0.3 is 0 Å². The minimum atomic E-state index is -0.245. The maximum absolute atomic E-state index is 12.1. The minimum Gasteiger partial charge on any atom is -0.357 e. The lowest BCUT2D eigenvalue weighted by atomic mass is 10.1. The molecule has 1 atom stereocenters. The van der Waals surface area contributed by atoms with Crippen molar-refractivity contribution < 1.29 is 9.53 Å². The highest BCUT2D eigenvalue weighted by Gasteiger charge is 2.52. The van der Waals surface area contributed by atoms with Gasteiger partial charge in [-0.3, -0.25) is 4.79 Å². The van der Waals surface area contributed by atoms with Gasteiger partial charge in [0.15, 0.2) is 5.78 Å². The fraction of sp³-hybridized carbons (Fsp3) is 0.250. The zero-order chi connectivity index (χ0) is 10.8. The number of carbonyl (C=O) groups excluding carboxylic acids is 1. The molecule has 1 spiro atoms. The number of hydrogen-bond donors (Lipinski definition) is 1. The molecule has 0 saturated carbocycles. The second-order valence-electron chi connectivity index (χ2n) is 4.28. The number of aromatic amines is 1. The van der Waals surface area contributed by atoms with Crippen molar-refractivity contribution in [1.82, 2.24) is 4.98 Å². The van der Waals surface area contributed by atoms with Crippen molar-refractivity contribution in [3.8, 4) is 0 Å². The van der Waals surface area contributed by atoms with Gasteiger partial charge in [-0.1, -0.05) is 30.0 Å². The minimum absolute atomic E-state index is 0.198. The maximum Gasteiger partial charge on any atom is 0.170 e. The smallest absolute Gasteiger partial charge is 0.170 e. The first-order chi connectivity index (χ1) is 7.77. The van der Waals surface area contributed by atoms with Gasteiger partial charge in [0.25, 0.3) is 0 Å². The van der Waals surface area contributed by atoms with Crippen LogP contribution in [0.15, 0.2) is 29.3 Å². The van der Waals surface area contributed by atoms with Gasteiger partial charge < -0.3 is 9.72 Å². The molecule has 16 heavy (non-hydrogen) atoms. The Bertz CT molecular complexity index is 613. The molecule has 4 heteroatoms. The van der Waals surface area contributed by atoms with Crippen molar-refractivity contribution in [3.05, 3.63) is 29.8 Å². The van der Waals surface area contributed by atoms with E-state index < -0.39 is 0 Å². The maximum atomic E-state index is 12.1. The number of ketones is 1. The number of nitrogens with one attached hydrogen (secondary N) is 1. The number of aromatic nitrogens is 1. The second-order valence-corrected chi connectivity index (χ2v) is 5.63. The van der Waals surface area contributed by atoms with Crippen LogP contribution in [0.3, 0.4) is 0 Å². The van der Waals surface area contributed by atoms with E-state index in [1.165, 1.54) is 0 Å². The first-order valence-electron chi connectivity index (χ1n) is 5.24. The molecule has 0 radical (unpaired) electrons. The number of carbonyl (C=O) groups is 1. The van der Waals surface area contributed by atoms with Crippen LogP contribution in [0, 0.1) is 0 Å². The van der Waals surface area contributed by atoms with Crippen molar-refractivity contribution in [1.29, 1.82) is 0 Å². The molecule has 2 aliphatic rings. The van der Waals surface area contributed by atoms with Crippen molar-refractivity contribution in [2.24, 2.45) is 0 Å². The first kappa shape index (κ1) is 8.84. The van der Waals surface area contributed by atoms with Gasteiger partial charge in [-0.25, -0.2) is 0 Å². The molecule has 0 amide bonds. The van der Waals surface area contributed by atoms with E-state index in [2.05, 4.69) is 4.98 Å². The van der Waals surface area contributed by atoms with Crippen molar-refractivity contribution >= 4 is 28.4 Å². The highest BCUT2D eigenvalue weighted by atomic mass is 32.2. The van der Waals surface area contributed by atoms with Crippen LogP contribution in [0.2, 0.25) is 0 Å². The van der Waals surface area contributed by atoms with Crippen molar-refractivity contribution in [2.75, 3.05) is 6.61 Å². The summed E-state index contributed by atoms with van der Waals surface area (Å²) in [6.45, 7) is 0.693. The molecule has 1 N–H and O–H groups in total. The van der Waals surface area contributed by atoms with Crippen LogP contribution in [0.1, 0.15) is 16.8 Å². The Morgan fingerprint density at radius 3 is 3.00 bits per heavy atom. The summed E-state index contributed by atoms with van der Waals surface area (Å²) in [6, 6.07) is 7.94. The van der Waals surface area contributed by atoms with Crippen LogP contribution in [0.5, 0.6) is 0 Å². The zero-order valence-corrected chi connectivity index (χ0v) is 9.26. The molecule has 3 heterocycles. The normalized spacial score (nSPS) is 27.4. The standard InChI is InChI=1S/C12H9NO2S/c14-9-5-12(6-15-12)16-11-10(9)7-3-1-2-4-8(7)13-11/h1-4,13H,5-6H2. The number of para-hydroxylation sites is 1. The number of epoxide rings is 1. The molecule has 3 nitrogen and oxygen atoms in total. The zero-order valence-electron chi connectivity index (χ0n) is 8.45. The Kier molecular flexibility index (Phi) is 1.49. The first-order valence-corrected chi connectivity index (χ1v) is 6.06. The van der Waals surface area contributed by atoms with E-state index in [4.69, 9.17) is 4.74 Å². The fourth-order valence-electron chi connectivity index (χ4n) is 2.27. The molecule has 80 valence electrons. The van der Waals surface area contributed by atoms with E-state index in [-0.39, 0.29) is 10.7 Å². The van der Waals surface area contributed by atoms with Crippen LogP contribution >= 0.6 is 11.8 Å². The molecule has 2 aromatic rings. The summed E-state index contributed by atoms with van der Waals surface area (Å²) in [5.74, 6) is 0.198. The van der Waals surface area contributed by atoms with Gasteiger partial charge in [0, 0.05) is 10.9 Å². The third kappa shape index (κ3) is 1.06. The van der Waals surface area contributed by atoms with Crippen LogP contribution in [0.4, 0.5) is 0 Å². The van der Waals surface area contributed by atoms with Crippen LogP contribution < -0.4 is 0 Å². The summed E-state index contributed by atoms with van der Waals surface area (Å²) in [6.07, 6.45) is 0.506. The topological polar surface area (TPSA) is 45.4 Å². The summed E-state index contributed by atoms with van der Waals surface area (Å²) in [7, 11) is 0. The van der Waals surface area contributed by atoms with Gasteiger partial charge in [-0.15, -0.1) is 0 Å². The van der Waals surface area contributed by atoms with Crippen LogP contribution in [-0.2, 0) is 4.74 Å². The molecule has 1 saturated heterocycles. The largest absolute Gasteiger partial charge is 0.357 e. The van der Waals surface area contributed by atoms with Gasteiger partial charge in [0.05, 0.1) is 23.6 Å². The van der Waals surface area contributed by atoms with E-state index in [0.29, 0.717) is 13.0 Å². The molecule has 1 unspecified atom stereocenters. The lowest BCUT2D eigenvalue weighted by Gasteiger charge is -2.16. The van der Waals surface area contributed by atoms with Gasteiger partial charge in [-0.2, -0.15) is 0 Å². The Labute approximate surface area is 96.2 Å². The molecule has 0 bridgehead atoms. The molecular formula is C12H9NO2S. The monoisotopic (exact) mass is 231 g/mol. The number of Topliss-reactive ketones (excluding diaryl/α,β-unsaturated/α-hetero) is 1.